The Bertz CT molecular complexity index is 1310. The van der Waals surface area contributed by atoms with Gasteiger partial charge >= 0.3 is 0 Å². The summed E-state index contributed by atoms with van der Waals surface area (Å²) < 4.78 is 17.5. The number of aromatic nitrogens is 2. The van der Waals surface area contributed by atoms with Crippen LogP contribution in [-0.2, 0) is 0 Å². The molecule has 0 saturated carbocycles. The van der Waals surface area contributed by atoms with E-state index in [2.05, 4.69) is 0 Å². The van der Waals surface area contributed by atoms with Crippen LogP contribution in [0.1, 0.15) is 11.4 Å². The predicted molar refractivity (Wildman–Crippen MR) is 122 cm³/mol. The third kappa shape index (κ3) is 4.00. The topological polar surface area (TPSA) is 62.6 Å². The van der Waals surface area contributed by atoms with Gasteiger partial charge in [0.1, 0.15) is 11.6 Å². The van der Waals surface area contributed by atoms with E-state index in [9.17, 15) is 4.79 Å². The van der Waals surface area contributed by atoms with Gasteiger partial charge in [-0.15, -0.1) is 0 Å². The largest absolute Gasteiger partial charge is 0.497 e. The number of rotatable bonds is 6. The first kappa shape index (κ1) is 20.2. The molecular weight excluding hydrogens is 392 g/mol. The lowest BCUT2D eigenvalue weighted by atomic mass is 10.2. The lowest BCUT2D eigenvalue weighted by molar-refractivity contribution is 0.355. The van der Waals surface area contributed by atoms with Crippen LogP contribution in [0.15, 0.2) is 71.5 Å². The maximum absolute atomic E-state index is 13.4. The lowest BCUT2D eigenvalue weighted by Gasteiger charge is -2.14. The maximum atomic E-state index is 13.4. The van der Waals surface area contributed by atoms with Crippen LogP contribution in [0.2, 0.25) is 0 Å². The first-order chi connectivity index (χ1) is 15.1. The monoisotopic (exact) mass is 414 g/mol. The zero-order chi connectivity index (χ0) is 21.8. The number of hydrogen-bond donors (Lipinski definition) is 0. The van der Waals surface area contributed by atoms with Crippen LogP contribution < -0.4 is 19.8 Å². The summed E-state index contributed by atoms with van der Waals surface area (Å²) in [4.78, 5) is 18.1. The van der Waals surface area contributed by atoms with Crippen molar-refractivity contribution in [3.8, 4) is 22.9 Å². The molecule has 1 heterocycles. The molecule has 0 aliphatic heterocycles. The van der Waals surface area contributed by atoms with E-state index in [1.807, 2.05) is 60.7 Å². The van der Waals surface area contributed by atoms with Crippen LogP contribution in [0.3, 0.4) is 0 Å². The number of hydrogen-bond acceptors (Lipinski definition) is 5. The second-order valence-corrected chi connectivity index (χ2v) is 6.77. The number of fused-ring (bicyclic) bond motifs is 1. The SMILES string of the molecule is COc1ccc(/C=C/c2nc3ccccc3c(=O)n2-c2ccc(OC)c(OC)c2)cc1. The van der Waals surface area contributed by atoms with Gasteiger partial charge in [-0.05, 0) is 48.0 Å². The van der Waals surface area contributed by atoms with Gasteiger partial charge in [0.15, 0.2) is 11.5 Å². The molecule has 6 nitrogen and oxygen atoms in total. The van der Waals surface area contributed by atoms with Gasteiger partial charge in [-0.25, -0.2) is 4.98 Å². The van der Waals surface area contributed by atoms with Gasteiger partial charge in [-0.1, -0.05) is 30.3 Å². The fourth-order valence-corrected chi connectivity index (χ4v) is 3.36. The fraction of sp³-hybridized carbons (Fsp3) is 0.120. The summed E-state index contributed by atoms with van der Waals surface area (Å²) in [6.07, 6.45) is 3.74. The summed E-state index contributed by atoms with van der Waals surface area (Å²) in [5.74, 6) is 2.41. The summed E-state index contributed by atoms with van der Waals surface area (Å²) in [6, 6.07) is 20.3. The molecular formula is C25H22N2O4. The van der Waals surface area contributed by atoms with Gasteiger partial charge in [-0.3, -0.25) is 9.36 Å². The van der Waals surface area contributed by atoms with Crippen LogP contribution in [0, 0.1) is 0 Å². The van der Waals surface area contributed by atoms with Crippen LogP contribution in [0.5, 0.6) is 17.2 Å². The van der Waals surface area contributed by atoms with Crippen LogP contribution in [-0.4, -0.2) is 30.9 Å². The van der Waals surface area contributed by atoms with Crippen molar-refractivity contribution in [2.24, 2.45) is 0 Å². The van der Waals surface area contributed by atoms with E-state index in [4.69, 9.17) is 19.2 Å². The standard InChI is InChI=1S/C25H22N2O4/c1-29-19-12-8-17(9-13-19)10-15-24-26-21-7-5-4-6-20(21)25(28)27(24)18-11-14-22(30-2)23(16-18)31-3/h4-16H,1-3H3/b15-10+. The van der Waals surface area contributed by atoms with E-state index in [1.54, 1.807) is 44.1 Å². The molecule has 1 aromatic heterocycles. The molecule has 4 aromatic rings. The molecule has 0 radical (unpaired) electrons. The second-order valence-electron chi connectivity index (χ2n) is 6.77. The van der Waals surface area contributed by atoms with Crippen molar-refractivity contribution in [2.75, 3.05) is 21.3 Å². The van der Waals surface area contributed by atoms with Crippen LogP contribution in [0.25, 0.3) is 28.7 Å². The van der Waals surface area contributed by atoms with Gasteiger partial charge in [-0.2, -0.15) is 0 Å². The predicted octanol–water partition coefficient (Wildman–Crippen LogP) is 4.58. The minimum Gasteiger partial charge on any atom is -0.497 e. The molecule has 3 aromatic carbocycles. The minimum absolute atomic E-state index is 0.160. The van der Waals surface area contributed by atoms with Crippen molar-refractivity contribution in [3.05, 3.63) is 88.5 Å². The molecule has 0 unspecified atom stereocenters. The van der Waals surface area contributed by atoms with E-state index < -0.39 is 0 Å². The molecule has 0 bridgehead atoms. The van der Waals surface area contributed by atoms with Crippen LogP contribution >= 0.6 is 0 Å². The molecule has 6 heteroatoms. The Labute approximate surface area is 180 Å². The van der Waals surface area contributed by atoms with Crippen molar-refractivity contribution in [3.63, 3.8) is 0 Å². The molecule has 0 spiro atoms. The zero-order valence-corrected chi connectivity index (χ0v) is 17.5. The summed E-state index contributed by atoms with van der Waals surface area (Å²) in [6.45, 7) is 0. The van der Waals surface area contributed by atoms with Gasteiger partial charge < -0.3 is 14.2 Å². The fourth-order valence-electron chi connectivity index (χ4n) is 3.36. The Balaban J connectivity index is 1.89. The van der Waals surface area contributed by atoms with Gasteiger partial charge in [0, 0.05) is 6.07 Å². The molecule has 156 valence electrons. The minimum atomic E-state index is -0.160. The zero-order valence-electron chi connectivity index (χ0n) is 17.5. The first-order valence-electron chi connectivity index (χ1n) is 9.71. The number of nitrogens with zero attached hydrogens (tertiary/aromatic N) is 2. The van der Waals surface area contributed by atoms with Crippen LogP contribution in [0.4, 0.5) is 0 Å². The van der Waals surface area contributed by atoms with Gasteiger partial charge in [0.2, 0.25) is 0 Å². The average molecular weight is 414 g/mol. The van der Waals surface area contributed by atoms with Gasteiger partial charge in [0.05, 0.1) is 37.9 Å². The highest BCUT2D eigenvalue weighted by Crippen LogP contribution is 2.29. The molecule has 0 amide bonds. The van der Waals surface area contributed by atoms with Crippen molar-refractivity contribution in [2.45, 2.75) is 0 Å². The maximum Gasteiger partial charge on any atom is 0.266 e. The Hall–Kier alpha value is -4.06. The van der Waals surface area contributed by atoms with E-state index in [0.717, 1.165) is 11.3 Å². The molecule has 0 atom stereocenters. The molecule has 31 heavy (non-hydrogen) atoms. The highest BCUT2D eigenvalue weighted by molar-refractivity contribution is 5.80. The Morgan fingerprint density at radius 2 is 1.55 bits per heavy atom. The Kier molecular flexibility index (Phi) is 5.71. The number of methoxy groups -OCH3 is 3. The van der Waals surface area contributed by atoms with E-state index in [-0.39, 0.29) is 5.56 Å². The molecule has 0 fully saturated rings. The number of benzene rings is 3. The summed E-state index contributed by atoms with van der Waals surface area (Å²) in [7, 11) is 4.77. The highest BCUT2D eigenvalue weighted by atomic mass is 16.5. The second kappa shape index (κ2) is 8.75. The molecule has 0 N–H and O–H groups in total. The van der Waals surface area contributed by atoms with E-state index in [0.29, 0.717) is 33.9 Å². The van der Waals surface area contributed by atoms with E-state index >= 15 is 0 Å². The summed E-state index contributed by atoms with van der Waals surface area (Å²) >= 11 is 0. The Morgan fingerprint density at radius 3 is 2.26 bits per heavy atom. The smallest absolute Gasteiger partial charge is 0.266 e. The molecule has 0 aliphatic rings. The molecule has 4 rings (SSSR count). The third-order valence-electron chi connectivity index (χ3n) is 4.97. The Morgan fingerprint density at radius 1 is 0.806 bits per heavy atom. The molecule has 0 aliphatic carbocycles. The number of ether oxygens (including phenoxy) is 3. The van der Waals surface area contributed by atoms with Crippen molar-refractivity contribution in [1.82, 2.24) is 9.55 Å². The third-order valence-corrected chi connectivity index (χ3v) is 4.97. The highest BCUT2D eigenvalue weighted by Gasteiger charge is 2.13. The van der Waals surface area contributed by atoms with Crippen molar-refractivity contribution < 1.29 is 14.2 Å². The number of para-hydroxylation sites is 1. The normalized spacial score (nSPS) is 11.1. The molecule has 0 saturated heterocycles. The van der Waals surface area contributed by atoms with Crippen molar-refractivity contribution >= 4 is 23.1 Å². The average Bonchev–Trinajstić information content (AvgIpc) is 2.82. The summed E-state index contributed by atoms with van der Waals surface area (Å²) in [5, 5.41) is 0.541. The van der Waals surface area contributed by atoms with Gasteiger partial charge in [0.25, 0.3) is 5.56 Å². The lowest BCUT2D eigenvalue weighted by Crippen LogP contribution is -2.22. The summed E-state index contributed by atoms with van der Waals surface area (Å²) in [5.41, 5.74) is 2.07. The first-order valence-corrected chi connectivity index (χ1v) is 9.71. The van der Waals surface area contributed by atoms with Crippen molar-refractivity contribution in [1.29, 1.82) is 0 Å². The quantitative estimate of drug-likeness (QED) is 0.462. The van der Waals surface area contributed by atoms with E-state index in [1.165, 1.54) is 0 Å².